The van der Waals surface area contributed by atoms with Gasteiger partial charge >= 0.3 is 5.97 Å². The van der Waals surface area contributed by atoms with Crippen LogP contribution < -0.4 is 10.6 Å². The lowest BCUT2D eigenvalue weighted by Gasteiger charge is -2.32. The standard InChI is InChI=1S/C20H27N7O3/c1-20(2,13-26-6-4-3-5-7-26)30-18(28)14-12-22-16-15(23-14)17(25-19(21)24-16)27-8-10-29-11-9-27/h3-4,12H,5-11,13H2,1-2H3,(H2,21,22,24,25). The minimum Gasteiger partial charge on any atom is -0.454 e. The van der Waals surface area contributed by atoms with Crippen LogP contribution in [0.25, 0.3) is 11.2 Å². The monoisotopic (exact) mass is 413 g/mol. The van der Waals surface area contributed by atoms with Crippen molar-refractivity contribution in [2.24, 2.45) is 0 Å². The number of hydrogen-bond acceptors (Lipinski definition) is 10. The number of carbonyl (C=O) groups excluding carboxylic acids is 1. The summed E-state index contributed by atoms with van der Waals surface area (Å²) < 4.78 is 11.2. The van der Waals surface area contributed by atoms with Gasteiger partial charge in [0, 0.05) is 32.7 Å². The fraction of sp³-hybridized carbons (Fsp3) is 0.550. The Morgan fingerprint density at radius 3 is 2.73 bits per heavy atom. The first-order valence-electron chi connectivity index (χ1n) is 10.1. The Labute approximate surface area is 175 Å². The third-order valence-electron chi connectivity index (χ3n) is 5.04. The molecule has 10 heteroatoms. The summed E-state index contributed by atoms with van der Waals surface area (Å²) in [6.45, 7) is 8.73. The summed E-state index contributed by atoms with van der Waals surface area (Å²) in [7, 11) is 0. The number of rotatable bonds is 5. The Morgan fingerprint density at radius 2 is 2.00 bits per heavy atom. The van der Waals surface area contributed by atoms with Gasteiger partial charge in [-0.3, -0.25) is 4.90 Å². The summed E-state index contributed by atoms with van der Waals surface area (Å²) in [6, 6.07) is 0. The number of nitrogens with two attached hydrogens (primary N) is 1. The highest BCUT2D eigenvalue weighted by Gasteiger charge is 2.28. The van der Waals surface area contributed by atoms with E-state index in [2.05, 4.69) is 37.0 Å². The number of aromatic nitrogens is 4. The molecule has 30 heavy (non-hydrogen) atoms. The molecule has 0 spiro atoms. The second-order valence-electron chi connectivity index (χ2n) is 8.08. The minimum absolute atomic E-state index is 0.116. The normalized spacial score (nSPS) is 18.0. The zero-order valence-corrected chi connectivity index (χ0v) is 17.4. The van der Waals surface area contributed by atoms with E-state index >= 15 is 0 Å². The lowest BCUT2D eigenvalue weighted by molar-refractivity contribution is -0.0160. The Bertz CT molecular complexity index is 957. The number of fused-ring (bicyclic) bond motifs is 1. The second kappa shape index (κ2) is 8.49. The molecule has 2 aromatic heterocycles. The highest BCUT2D eigenvalue weighted by Crippen LogP contribution is 2.24. The number of anilines is 2. The van der Waals surface area contributed by atoms with Gasteiger partial charge in [-0.2, -0.15) is 9.97 Å². The molecule has 4 heterocycles. The van der Waals surface area contributed by atoms with E-state index in [0.717, 1.165) is 19.5 Å². The van der Waals surface area contributed by atoms with Crippen molar-refractivity contribution in [1.82, 2.24) is 24.8 Å². The first-order chi connectivity index (χ1) is 14.4. The summed E-state index contributed by atoms with van der Waals surface area (Å²) in [4.78, 5) is 34.4. The molecule has 1 saturated heterocycles. The van der Waals surface area contributed by atoms with Crippen molar-refractivity contribution in [2.75, 3.05) is 56.6 Å². The van der Waals surface area contributed by atoms with Crippen molar-refractivity contribution in [3.8, 4) is 0 Å². The molecule has 0 aromatic carbocycles. The van der Waals surface area contributed by atoms with Gasteiger partial charge in [-0.15, -0.1) is 0 Å². The SMILES string of the molecule is CC(C)(CN1CC=CCC1)OC(=O)c1cnc2nc(N)nc(N3CCOCC3)c2n1. The van der Waals surface area contributed by atoms with E-state index in [1.807, 2.05) is 18.7 Å². The molecule has 0 bridgehead atoms. The molecule has 0 atom stereocenters. The number of nitrogens with zero attached hydrogens (tertiary/aromatic N) is 6. The van der Waals surface area contributed by atoms with Crippen LogP contribution in [0.2, 0.25) is 0 Å². The maximum Gasteiger partial charge on any atom is 0.359 e. The fourth-order valence-corrected chi connectivity index (χ4v) is 3.71. The fourth-order valence-electron chi connectivity index (χ4n) is 3.71. The van der Waals surface area contributed by atoms with E-state index in [9.17, 15) is 4.79 Å². The van der Waals surface area contributed by atoms with Gasteiger partial charge in [0.15, 0.2) is 22.7 Å². The molecule has 2 N–H and O–H groups in total. The van der Waals surface area contributed by atoms with E-state index in [1.165, 1.54) is 6.20 Å². The predicted octanol–water partition coefficient (Wildman–Crippen LogP) is 1.04. The van der Waals surface area contributed by atoms with Gasteiger partial charge in [0.05, 0.1) is 19.4 Å². The van der Waals surface area contributed by atoms with Crippen molar-refractivity contribution in [3.05, 3.63) is 24.0 Å². The van der Waals surface area contributed by atoms with Gasteiger partial charge in [-0.1, -0.05) is 12.2 Å². The average Bonchev–Trinajstić information content (AvgIpc) is 2.73. The van der Waals surface area contributed by atoms with Crippen LogP contribution in [0.15, 0.2) is 18.3 Å². The van der Waals surface area contributed by atoms with Crippen LogP contribution in [0.4, 0.5) is 11.8 Å². The zero-order valence-electron chi connectivity index (χ0n) is 17.4. The topological polar surface area (TPSA) is 120 Å². The maximum atomic E-state index is 12.8. The Morgan fingerprint density at radius 1 is 1.20 bits per heavy atom. The van der Waals surface area contributed by atoms with Crippen LogP contribution in [0, 0.1) is 0 Å². The largest absolute Gasteiger partial charge is 0.454 e. The van der Waals surface area contributed by atoms with Gasteiger partial charge in [0.2, 0.25) is 5.95 Å². The number of hydrogen-bond donors (Lipinski definition) is 1. The van der Waals surface area contributed by atoms with Crippen LogP contribution in [-0.4, -0.2) is 82.3 Å². The van der Waals surface area contributed by atoms with E-state index in [1.54, 1.807) is 0 Å². The Balaban J connectivity index is 1.56. The Hall–Kier alpha value is -2.85. The summed E-state index contributed by atoms with van der Waals surface area (Å²) in [5.74, 6) is 0.152. The molecular weight excluding hydrogens is 386 g/mol. The van der Waals surface area contributed by atoms with E-state index in [-0.39, 0.29) is 11.6 Å². The van der Waals surface area contributed by atoms with E-state index < -0.39 is 11.6 Å². The number of ether oxygens (including phenoxy) is 2. The van der Waals surface area contributed by atoms with Crippen LogP contribution in [-0.2, 0) is 9.47 Å². The zero-order chi connectivity index (χ0) is 21.1. The number of carbonyl (C=O) groups is 1. The molecule has 0 aliphatic carbocycles. The lowest BCUT2D eigenvalue weighted by Crippen LogP contribution is -2.43. The molecule has 4 rings (SSSR count). The molecule has 1 fully saturated rings. The van der Waals surface area contributed by atoms with Gasteiger partial charge < -0.3 is 20.1 Å². The quantitative estimate of drug-likeness (QED) is 0.562. The number of morpholine rings is 1. The van der Waals surface area contributed by atoms with Gasteiger partial charge in [0.1, 0.15) is 5.60 Å². The second-order valence-corrected chi connectivity index (χ2v) is 8.08. The molecule has 0 saturated carbocycles. The van der Waals surface area contributed by atoms with Crippen LogP contribution in [0.1, 0.15) is 30.8 Å². The molecule has 10 nitrogen and oxygen atoms in total. The first kappa shape index (κ1) is 20.4. The summed E-state index contributed by atoms with van der Waals surface area (Å²) >= 11 is 0. The lowest BCUT2D eigenvalue weighted by atomic mass is 10.1. The van der Waals surface area contributed by atoms with Crippen LogP contribution >= 0.6 is 0 Å². The van der Waals surface area contributed by atoms with Gasteiger partial charge in [0.25, 0.3) is 0 Å². The van der Waals surface area contributed by atoms with Crippen molar-refractivity contribution < 1.29 is 14.3 Å². The molecule has 2 aromatic rings. The first-order valence-corrected chi connectivity index (χ1v) is 10.1. The van der Waals surface area contributed by atoms with Crippen LogP contribution in [0.5, 0.6) is 0 Å². The van der Waals surface area contributed by atoms with Crippen LogP contribution in [0.3, 0.4) is 0 Å². The summed E-state index contributed by atoms with van der Waals surface area (Å²) in [5, 5.41) is 0. The molecule has 0 unspecified atom stereocenters. The molecule has 0 radical (unpaired) electrons. The molecule has 0 amide bonds. The van der Waals surface area contributed by atoms with Gasteiger partial charge in [-0.05, 0) is 20.3 Å². The van der Waals surface area contributed by atoms with Crippen molar-refractivity contribution >= 4 is 28.9 Å². The minimum atomic E-state index is -0.663. The maximum absolute atomic E-state index is 12.8. The van der Waals surface area contributed by atoms with Crippen molar-refractivity contribution in [1.29, 1.82) is 0 Å². The molecule has 2 aliphatic rings. The van der Waals surface area contributed by atoms with Gasteiger partial charge in [-0.25, -0.2) is 14.8 Å². The average molecular weight is 413 g/mol. The number of nitrogen functional groups attached to an aromatic ring is 1. The van der Waals surface area contributed by atoms with Crippen molar-refractivity contribution in [2.45, 2.75) is 25.9 Å². The summed E-state index contributed by atoms with van der Waals surface area (Å²) in [6.07, 6.45) is 6.68. The Kier molecular flexibility index (Phi) is 5.78. The summed E-state index contributed by atoms with van der Waals surface area (Å²) in [5.41, 5.74) is 6.09. The molecule has 2 aliphatic heterocycles. The third kappa shape index (κ3) is 4.65. The molecular formula is C20H27N7O3. The predicted molar refractivity (Wildman–Crippen MR) is 112 cm³/mol. The molecule has 160 valence electrons. The third-order valence-corrected chi connectivity index (χ3v) is 5.04. The highest BCUT2D eigenvalue weighted by atomic mass is 16.6. The number of esters is 1. The van der Waals surface area contributed by atoms with E-state index in [0.29, 0.717) is 49.8 Å². The highest BCUT2D eigenvalue weighted by molar-refractivity contribution is 5.91. The van der Waals surface area contributed by atoms with E-state index in [4.69, 9.17) is 15.2 Å². The smallest absolute Gasteiger partial charge is 0.359 e. The van der Waals surface area contributed by atoms with Crippen molar-refractivity contribution in [3.63, 3.8) is 0 Å².